The third kappa shape index (κ3) is 2.98. The highest BCUT2D eigenvalue weighted by molar-refractivity contribution is 6.01. The van der Waals surface area contributed by atoms with Crippen LogP contribution in [0.15, 0.2) is 47.1 Å². The van der Waals surface area contributed by atoms with Crippen molar-refractivity contribution in [2.24, 2.45) is 5.73 Å². The predicted molar refractivity (Wildman–Crippen MR) is 83.5 cm³/mol. The van der Waals surface area contributed by atoms with Gasteiger partial charge in [-0.2, -0.15) is 0 Å². The molecule has 8 heteroatoms. The van der Waals surface area contributed by atoms with Gasteiger partial charge in [-0.3, -0.25) is 14.9 Å². The number of nitro benzene ring substituents is 1. The molecule has 2 rings (SSSR count). The van der Waals surface area contributed by atoms with E-state index in [1.807, 2.05) is 0 Å². The Morgan fingerprint density at radius 3 is 2.54 bits per heavy atom. The van der Waals surface area contributed by atoms with Crippen molar-refractivity contribution in [2.75, 3.05) is 7.11 Å². The lowest BCUT2D eigenvalue weighted by Gasteiger charge is -2.28. The van der Waals surface area contributed by atoms with Crippen molar-refractivity contribution in [1.29, 1.82) is 0 Å². The third-order valence-electron chi connectivity index (χ3n) is 3.68. The molecule has 2 N–H and O–H groups in total. The van der Waals surface area contributed by atoms with Gasteiger partial charge in [-0.05, 0) is 19.4 Å². The Kier molecular flexibility index (Phi) is 4.68. The highest BCUT2D eigenvalue weighted by atomic mass is 16.6. The molecule has 1 heterocycles. The number of nitro groups is 1. The van der Waals surface area contributed by atoms with Gasteiger partial charge in [-0.15, -0.1) is 0 Å². The zero-order valence-electron chi connectivity index (χ0n) is 13.4. The van der Waals surface area contributed by atoms with E-state index in [1.54, 1.807) is 13.0 Å². The van der Waals surface area contributed by atoms with Gasteiger partial charge in [-0.1, -0.05) is 12.1 Å². The lowest BCUT2D eigenvalue weighted by atomic mass is 9.81. The summed E-state index contributed by atoms with van der Waals surface area (Å²) in [5.41, 5.74) is 6.16. The van der Waals surface area contributed by atoms with E-state index in [-0.39, 0.29) is 34.3 Å². The number of hydrogen-bond acceptors (Lipinski definition) is 7. The highest BCUT2D eigenvalue weighted by Crippen LogP contribution is 2.40. The minimum atomic E-state index is -0.899. The Balaban J connectivity index is 2.72. The second kappa shape index (κ2) is 6.53. The fourth-order valence-corrected chi connectivity index (χ4v) is 2.70. The number of nitrogens with two attached hydrogens (primary N) is 1. The molecule has 0 saturated heterocycles. The molecule has 0 aliphatic carbocycles. The number of benzene rings is 1. The smallest absolute Gasteiger partial charge is 0.340 e. The van der Waals surface area contributed by atoms with Crippen LogP contribution in [0.25, 0.3) is 0 Å². The summed E-state index contributed by atoms with van der Waals surface area (Å²) in [6, 6.07) is 5.66. The molecule has 0 radical (unpaired) electrons. The van der Waals surface area contributed by atoms with Crippen LogP contribution in [0.2, 0.25) is 0 Å². The lowest BCUT2D eigenvalue weighted by molar-refractivity contribution is -0.384. The van der Waals surface area contributed by atoms with E-state index in [9.17, 15) is 19.7 Å². The first-order valence-corrected chi connectivity index (χ1v) is 6.99. The number of non-ortho nitro benzene ring substituents is 1. The van der Waals surface area contributed by atoms with Gasteiger partial charge in [0.2, 0.25) is 5.88 Å². The zero-order valence-corrected chi connectivity index (χ0v) is 13.4. The van der Waals surface area contributed by atoms with Crippen LogP contribution in [0.1, 0.15) is 25.3 Å². The molecule has 1 unspecified atom stereocenters. The monoisotopic (exact) mass is 332 g/mol. The number of rotatable bonds is 4. The first-order chi connectivity index (χ1) is 11.3. The van der Waals surface area contributed by atoms with Crippen molar-refractivity contribution in [1.82, 2.24) is 0 Å². The molecule has 0 bridgehead atoms. The number of nitrogens with zero attached hydrogens (tertiary/aromatic N) is 1. The van der Waals surface area contributed by atoms with Gasteiger partial charge >= 0.3 is 5.97 Å². The van der Waals surface area contributed by atoms with Gasteiger partial charge in [0.25, 0.3) is 5.69 Å². The molecule has 24 heavy (non-hydrogen) atoms. The number of ketones is 1. The summed E-state index contributed by atoms with van der Waals surface area (Å²) < 4.78 is 10.0. The van der Waals surface area contributed by atoms with Gasteiger partial charge in [0, 0.05) is 17.7 Å². The second-order valence-electron chi connectivity index (χ2n) is 5.18. The molecule has 1 aliphatic rings. The SMILES string of the molecule is COC(=O)C1=C(N)OC(C)=C(C(C)=O)C1c1cccc([N+](=O)[O-])c1. The maximum absolute atomic E-state index is 12.1. The van der Waals surface area contributed by atoms with Crippen LogP contribution in [-0.4, -0.2) is 23.8 Å². The summed E-state index contributed by atoms with van der Waals surface area (Å²) in [4.78, 5) is 34.7. The van der Waals surface area contributed by atoms with Crippen molar-refractivity contribution >= 4 is 17.4 Å². The molecule has 0 aromatic heterocycles. The van der Waals surface area contributed by atoms with Crippen LogP contribution in [0.5, 0.6) is 0 Å². The van der Waals surface area contributed by atoms with E-state index in [0.717, 1.165) is 0 Å². The zero-order chi connectivity index (χ0) is 18.0. The van der Waals surface area contributed by atoms with Gasteiger partial charge in [0.1, 0.15) is 11.3 Å². The van der Waals surface area contributed by atoms with Crippen LogP contribution in [0.3, 0.4) is 0 Å². The number of carbonyl (C=O) groups excluding carboxylic acids is 2. The molecular formula is C16H16N2O6. The van der Waals surface area contributed by atoms with Gasteiger partial charge in [0.15, 0.2) is 5.78 Å². The number of Topliss-reactive ketones (excluding diaryl/α,β-unsaturated/α-hetero) is 1. The fourth-order valence-electron chi connectivity index (χ4n) is 2.70. The molecule has 1 aromatic carbocycles. The normalized spacial score (nSPS) is 17.4. The summed E-state index contributed by atoms with van der Waals surface area (Å²) in [7, 11) is 1.17. The first-order valence-electron chi connectivity index (χ1n) is 6.99. The number of allylic oxidation sites excluding steroid dienone is 2. The Labute approximate surface area is 137 Å². The summed E-state index contributed by atoms with van der Waals surface area (Å²) in [5, 5.41) is 11.0. The third-order valence-corrected chi connectivity index (χ3v) is 3.68. The average Bonchev–Trinajstić information content (AvgIpc) is 2.53. The standard InChI is InChI=1S/C16H16N2O6/c1-8(19)12-9(2)24-15(17)14(16(20)23-3)13(12)10-5-4-6-11(7-10)18(21)22/h4-7,13H,17H2,1-3H3. The molecule has 8 nitrogen and oxygen atoms in total. The Morgan fingerprint density at radius 1 is 1.33 bits per heavy atom. The largest absolute Gasteiger partial charge is 0.465 e. The molecule has 126 valence electrons. The topological polar surface area (TPSA) is 122 Å². The summed E-state index contributed by atoms with van der Waals surface area (Å²) in [6.07, 6.45) is 0. The van der Waals surface area contributed by atoms with E-state index in [2.05, 4.69) is 0 Å². The maximum atomic E-state index is 12.1. The van der Waals surface area contributed by atoms with Crippen LogP contribution in [0.4, 0.5) is 5.69 Å². The predicted octanol–water partition coefficient (Wildman–Crippen LogP) is 1.91. The number of esters is 1. The van der Waals surface area contributed by atoms with Crippen molar-refractivity contribution < 1.29 is 24.0 Å². The molecular weight excluding hydrogens is 316 g/mol. The summed E-state index contributed by atoms with van der Waals surface area (Å²) in [6.45, 7) is 2.87. The van der Waals surface area contributed by atoms with E-state index in [0.29, 0.717) is 5.56 Å². The highest BCUT2D eigenvalue weighted by Gasteiger charge is 2.38. The van der Waals surface area contributed by atoms with Gasteiger partial charge < -0.3 is 15.2 Å². The summed E-state index contributed by atoms with van der Waals surface area (Å²) >= 11 is 0. The maximum Gasteiger partial charge on any atom is 0.340 e. The van der Waals surface area contributed by atoms with Crippen LogP contribution in [-0.2, 0) is 19.1 Å². The minimum Gasteiger partial charge on any atom is -0.465 e. The Bertz CT molecular complexity index is 794. The van der Waals surface area contributed by atoms with Crippen molar-refractivity contribution in [2.45, 2.75) is 19.8 Å². The quantitative estimate of drug-likeness (QED) is 0.507. The van der Waals surface area contributed by atoms with Crippen molar-refractivity contribution in [3.05, 3.63) is 62.7 Å². The Hall–Kier alpha value is -3.16. The molecule has 1 aromatic rings. The second-order valence-corrected chi connectivity index (χ2v) is 5.18. The number of hydrogen-bond donors (Lipinski definition) is 1. The van der Waals surface area contributed by atoms with Crippen LogP contribution in [0, 0.1) is 10.1 Å². The average molecular weight is 332 g/mol. The molecule has 0 amide bonds. The lowest BCUT2D eigenvalue weighted by Crippen LogP contribution is -2.28. The molecule has 0 saturated carbocycles. The number of ether oxygens (including phenoxy) is 2. The number of carbonyl (C=O) groups is 2. The van der Waals surface area contributed by atoms with Crippen molar-refractivity contribution in [3.8, 4) is 0 Å². The van der Waals surface area contributed by atoms with Gasteiger partial charge in [0.05, 0.1) is 18.0 Å². The van der Waals surface area contributed by atoms with E-state index in [1.165, 1.54) is 32.2 Å². The van der Waals surface area contributed by atoms with E-state index < -0.39 is 16.8 Å². The van der Waals surface area contributed by atoms with E-state index in [4.69, 9.17) is 15.2 Å². The van der Waals surface area contributed by atoms with Crippen LogP contribution >= 0.6 is 0 Å². The Morgan fingerprint density at radius 2 is 2.00 bits per heavy atom. The van der Waals surface area contributed by atoms with E-state index >= 15 is 0 Å². The molecule has 1 atom stereocenters. The van der Waals surface area contributed by atoms with Crippen molar-refractivity contribution in [3.63, 3.8) is 0 Å². The summed E-state index contributed by atoms with van der Waals surface area (Å²) in [5.74, 6) is -1.96. The molecule has 0 fully saturated rings. The van der Waals surface area contributed by atoms with Gasteiger partial charge in [-0.25, -0.2) is 4.79 Å². The minimum absolute atomic E-state index is 0.0613. The first kappa shape index (κ1) is 17.2. The molecule has 0 spiro atoms. The number of methoxy groups -OCH3 is 1. The fraction of sp³-hybridized carbons (Fsp3) is 0.250. The molecule has 1 aliphatic heterocycles. The van der Waals surface area contributed by atoms with Crippen LogP contribution < -0.4 is 5.73 Å².